The molecule has 0 bridgehead atoms. The van der Waals surface area contributed by atoms with E-state index in [9.17, 15) is 5.53 Å². The molecule has 1 aliphatic rings. The second-order valence-electron chi connectivity index (χ2n) is 22.5. The van der Waals surface area contributed by atoms with Crippen LogP contribution in [0.2, 0.25) is 0 Å². The number of aryl methyl sites for hydroxylation is 4. The van der Waals surface area contributed by atoms with Gasteiger partial charge in [-0.15, -0.1) is 0 Å². The summed E-state index contributed by atoms with van der Waals surface area (Å²) in [5.41, 5.74) is 25.9. The molecule has 0 aliphatic carbocycles. The third kappa shape index (κ3) is 26.5. The van der Waals surface area contributed by atoms with Crippen LogP contribution in [0.3, 0.4) is 0 Å². The molecule has 2 heteroatoms. The van der Waals surface area contributed by atoms with Crippen molar-refractivity contribution in [3.8, 4) is 0 Å². The minimum absolute atomic E-state index is 1.01. The van der Waals surface area contributed by atoms with E-state index in [1.54, 1.807) is 4.70 Å². The summed E-state index contributed by atoms with van der Waals surface area (Å²) >= 11 is 0. The van der Waals surface area contributed by atoms with Gasteiger partial charge in [0, 0.05) is 22.3 Å². The lowest BCUT2D eigenvalue weighted by Gasteiger charge is -2.14. The van der Waals surface area contributed by atoms with Gasteiger partial charge in [-0.3, -0.25) is 0 Å². The smallest absolute Gasteiger partial charge is 0.211 e. The van der Waals surface area contributed by atoms with Crippen LogP contribution in [0.25, 0.3) is 16.9 Å². The Morgan fingerprint density at radius 2 is 0.471 bits per heavy atom. The summed E-state index contributed by atoms with van der Waals surface area (Å²) < 4.78 is 1.69. The number of hydrogen-bond donors (Lipinski definition) is 0. The maximum absolute atomic E-state index is 12.7. The minimum atomic E-state index is 1.01. The molecule has 2 aromatic rings. The lowest BCUT2D eigenvalue weighted by atomic mass is 9.89. The van der Waals surface area contributed by atoms with Crippen molar-refractivity contribution < 1.29 is 4.70 Å². The third-order valence-corrected chi connectivity index (χ3v) is 16.0. The maximum atomic E-state index is 12.7. The summed E-state index contributed by atoms with van der Waals surface area (Å²) in [5, 5.41) is 0. The lowest BCUT2D eigenvalue weighted by molar-refractivity contribution is -0.345. The summed E-state index contributed by atoms with van der Waals surface area (Å²) in [6.07, 6.45) is 61.7. The van der Waals surface area contributed by atoms with Crippen LogP contribution in [0.4, 0.5) is 0 Å². The summed E-state index contributed by atoms with van der Waals surface area (Å²) in [4.78, 5) is 0. The van der Waals surface area contributed by atoms with Gasteiger partial charge in [0.1, 0.15) is 0 Å². The molecule has 3 rings (SSSR count). The van der Waals surface area contributed by atoms with E-state index in [0.717, 1.165) is 49.9 Å². The van der Waals surface area contributed by atoms with Crippen molar-refractivity contribution in [1.29, 1.82) is 0 Å². The molecule has 0 fully saturated rings. The fourth-order valence-electron chi connectivity index (χ4n) is 11.5. The predicted octanol–water partition coefficient (Wildman–Crippen LogP) is 23.5. The number of hydrogen-bond acceptors (Lipinski definition) is 0. The first kappa shape index (κ1) is 61.8. The molecule has 2 aromatic carbocycles. The molecule has 0 unspecified atom stereocenters. The van der Waals surface area contributed by atoms with Gasteiger partial charge in [0.15, 0.2) is 0 Å². The van der Waals surface area contributed by atoms with Crippen molar-refractivity contribution in [1.82, 2.24) is 0 Å². The van der Waals surface area contributed by atoms with Crippen molar-refractivity contribution in [3.63, 3.8) is 0 Å². The van der Waals surface area contributed by atoms with Crippen LogP contribution in [0, 0.1) is 0 Å². The lowest BCUT2D eigenvalue weighted by Crippen LogP contribution is -2.05. The van der Waals surface area contributed by atoms with E-state index < -0.39 is 0 Å². The first-order valence-electron chi connectivity index (χ1n) is 31.7. The van der Waals surface area contributed by atoms with Gasteiger partial charge in [-0.2, -0.15) is 0 Å². The molecular formula is C68H116N2. The summed E-state index contributed by atoms with van der Waals surface area (Å²) in [7, 11) is 0. The third-order valence-electron chi connectivity index (χ3n) is 16.0. The number of rotatable bonds is 48. The molecule has 0 N–H and O–H groups in total. The molecule has 0 atom stereocenters. The first-order valence-corrected chi connectivity index (χ1v) is 31.7. The summed E-state index contributed by atoms with van der Waals surface area (Å²) in [6, 6.07) is 14.6. The van der Waals surface area contributed by atoms with Crippen molar-refractivity contribution >= 4 is 11.4 Å². The number of unbranched alkanes of at least 4 members (excludes halogenated alkanes) is 36. The molecule has 70 heavy (non-hydrogen) atoms. The van der Waals surface area contributed by atoms with Gasteiger partial charge in [-0.1, -0.05) is 285 Å². The molecular weight excluding hydrogens is 845 g/mol. The van der Waals surface area contributed by atoms with Crippen LogP contribution in [0.15, 0.2) is 47.5 Å². The zero-order valence-electron chi connectivity index (χ0n) is 47.9. The Morgan fingerprint density at radius 3 is 0.743 bits per heavy atom. The van der Waals surface area contributed by atoms with E-state index >= 15 is 0 Å². The number of nitrogens with zero attached hydrogens (tertiary/aromatic N) is 2. The van der Waals surface area contributed by atoms with Gasteiger partial charge in [-0.05, 0) is 111 Å². The van der Waals surface area contributed by atoms with E-state index in [1.807, 2.05) is 0 Å². The molecule has 0 aromatic heterocycles. The van der Waals surface area contributed by atoms with Crippen LogP contribution < -0.4 is 0 Å². The van der Waals surface area contributed by atoms with Gasteiger partial charge in [0.25, 0.3) is 0 Å². The van der Waals surface area contributed by atoms with Crippen LogP contribution in [-0.4, -0.2) is 4.70 Å². The highest BCUT2D eigenvalue weighted by atomic mass is 15.2. The van der Waals surface area contributed by atoms with E-state index in [2.05, 4.69) is 77.9 Å². The SMILES string of the molecule is CCCCCCCCCCCCCCCCCCCCCCCCCCCCCCC1=C(c2cc(CC)cc(CC)c2)[N+](=[N-])C(c2cc(CCCCCC)cc(CCCCCC)c2)=C1CCCCCC. The topological polar surface area (TPSA) is 25.3 Å². The molecule has 0 spiro atoms. The Balaban J connectivity index is 1.50. The largest absolute Gasteiger partial charge is 0.493 e. The van der Waals surface area contributed by atoms with E-state index in [-0.39, 0.29) is 0 Å². The Bertz CT molecular complexity index is 1620. The van der Waals surface area contributed by atoms with Crippen LogP contribution in [-0.2, 0) is 25.7 Å². The second kappa shape index (κ2) is 41.9. The molecule has 0 radical (unpaired) electrons. The number of benzene rings is 2. The summed E-state index contributed by atoms with van der Waals surface area (Å²) in [6.45, 7) is 13.8. The Kier molecular flexibility index (Phi) is 37.0. The first-order chi connectivity index (χ1) is 34.5. The van der Waals surface area contributed by atoms with Crippen molar-refractivity contribution in [2.45, 2.75) is 337 Å². The van der Waals surface area contributed by atoms with Gasteiger partial charge >= 0.3 is 0 Å². The molecule has 398 valence electrons. The molecule has 1 aliphatic heterocycles. The highest BCUT2D eigenvalue weighted by Gasteiger charge is 2.36. The molecule has 1 heterocycles. The predicted molar refractivity (Wildman–Crippen MR) is 313 cm³/mol. The fourth-order valence-corrected chi connectivity index (χ4v) is 11.5. The zero-order chi connectivity index (χ0) is 50.1. The van der Waals surface area contributed by atoms with Crippen LogP contribution in [0.5, 0.6) is 0 Å². The molecule has 2 nitrogen and oxygen atoms in total. The van der Waals surface area contributed by atoms with Gasteiger partial charge in [0.2, 0.25) is 11.4 Å². The van der Waals surface area contributed by atoms with Crippen molar-refractivity contribution in [2.24, 2.45) is 0 Å². The highest BCUT2D eigenvalue weighted by Crippen LogP contribution is 2.45. The fraction of sp³-hybridized carbons (Fsp3) is 0.765. The number of allylic oxidation sites excluding steroid dienone is 2. The Labute approximate surface area is 437 Å². The highest BCUT2D eigenvalue weighted by molar-refractivity contribution is 5.82. The molecule has 0 saturated heterocycles. The molecule has 0 saturated carbocycles. The quantitative estimate of drug-likeness (QED) is 0.0467. The standard InChI is InChI=1S/C68H116N2/c1-7-13-17-21-22-23-24-25-26-27-28-29-30-31-32-33-34-35-36-37-38-39-40-41-42-43-44-48-52-66-65(51-47-20-16-10-4)68(70(69)67(66)63-55-59(11-5)53-60(12-6)56-63)64-57-61(49-45-18-14-8-2)54-62(58-64)50-46-19-15-9-3/h53-58H,7-52H2,1-6H3. The second-order valence-corrected chi connectivity index (χ2v) is 22.5. The normalized spacial score (nSPS) is 13.0. The van der Waals surface area contributed by atoms with E-state index in [0.29, 0.717) is 0 Å². The van der Waals surface area contributed by atoms with Crippen molar-refractivity contribution in [2.75, 3.05) is 0 Å². The average Bonchev–Trinajstić information content (AvgIpc) is 3.65. The van der Waals surface area contributed by atoms with Gasteiger partial charge < -0.3 is 5.53 Å². The average molecular weight is 962 g/mol. The van der Waals surface area contributed by atoms with E-state index in [1.165, 1.54) is 301 Å². The zero-order valence-corrected chi connectivity index (χ0v) is 47.9. The van der Waals surface area contributed by atoms with Crippen LogP contribution >= 0.6 is 0 Å². The maximum Gasteiger partial charge on any atom is 0.211 e. The molecule has 0 amide bonds. The van der Waals surface area contributed by atoms with Crippen LogP contribution in [0.1, 0.15) is 345 Å². The van der Waals surface area contributed by atoms with Crippen molar-refractivity contribution in [3.05, 3.63) is 86.5 Å². The summed E-state index contributed by atoms with van der Waals surface area (Å²) in [5.74, 6) is 0. The monoisotopic (exact) mass is 961 g/mol. The minimum Gasteiger partial charge on any atom is -0.493 e. The Morgan fingerprint density at radius 1 is 0.257 bits per heavy atom. The van der Waals surface area contributed by atoms with Gasteiger partial charge in [-0.25, -0.2) is 4.70 Å². The van der Waals surface area contributed by atoms with Gasteiger partial charge in [0.05, 0.1) is 0 Å². The van der Waals surface area contributed by atoms with E-state index in [4.69, 9.17) is 0 Å². The Hall–Kier alpha value is -2.48.